The number of aromatic nitrogens is 2. The highest BCUT2D eigenvalue weighted by Crippen LogP contribution is 2.36. The Labute approximate surface area is 81.3 Å². The Bertz CT molecular complexity index is 292. The van der Waals surface area contributed by atoms with Crippen LogP contribution >= 0.6 is 11.8 Å². The highest BCUT2D eigenvalue weighted by molar-refractivity contribution is 7.99. The molecule has 1 atom stereocenters. The molecule has 3 nitrogen and oxygen atoms in total. The van der Waals surface area contributed by atoms with Crippen molar-refractivity contribution in [3.63, 3.8) is 0 Å². The van der Waals surface area contributed by atoms with Gasteiger partial charge in [0.2, 0.25) is 0 Å². The van der Waals surface area contributed by atoms with Crippen LogP contribution in [0, 0.1) is 0 Å². The second-order valence-electron chi connectivity index (χ2n) is 3.20. The molecular formula is C9H12N2OS. The van der Waals surface area contributed by atoms with E-state index < -0.39 is 0 Å². The van der Waals surface area contributed by atoms with E-state index >= 15 is 0 Å². The Kier molecular flexibility index (Phi) is 2.68. The zero-order valence-electron chi connectivity index (χ0n) is 7.32. The zero-order valence-corrected chi connectivity index (χ0v) is 8.14. The maximum absolute atomic E-state index is 10.4. The molecule has 0 bridgehead atoms. The molecule has 0 amide bonds. The van der Waals surface area contributed by atoms with E-state index in [0.717, 1.165) is 12.1 Å². The average Bonchev–Trinajstić information content (AvgIpc) is 2.67. The molecule has 2 rings (SSSR count). The fraction of sp³-hybridized carbons (Fsp3) is 0.556. The van der Waals surface area contributed by atoms with Crippen LogP contribution in [0.15, 0.2) is 6.20 Å². The number of imidazole rings is 1. The van der Waals surface area contributed by atoms with Crippen molar-refractivity contribution in [2.45, 2.75) is 24.5 Å². The standard InChI is InChI=1S/C9H12N2OS/c12-6-7-5-10-9(11-7)8-3-1-2-4-13-8/h5-6,8H,1-4H2,(H,10,11). The summed E-state index contributed by atoms with van der Waals surface area (Å²) in [5.41, 5.74) is 0.584. The Morgan fingerprint density at radius 1 is 1.62 bits per heavy atom. The van der Waals surface area contributed by atoms with Gasteiger partial charge in [0.1, 0.15) is 5.82 Å². The first-order chi connectivity index (χ1) is 6.40. The van der Waals surface area contributed by atoms with Crippen molar-refractivity contribution in [3.05, 3.63) is 17.7 Å². The highest BCUT2D eigenvalue weighted by Gasteiger charge is 2.18. The summed E-state index contributed by atoms with van der Waals surface area (Å²) in [7, 11) is 0. The first kappa shape index (κ1) is 8.81. The van der Waals surface area contributed by atoms with Crippen LogP contribution in [0.25, 0.3) is 0 Å². The summed E-state index contributed by atoms with van der Waals surface area (Å²) >= 11 is 1.93. The smallest absolute Gasteiger partial charge is 0.167 e. The van der Waals surface area contributed by atoms with Crippen molar-refractivity contribution in [2.24, 2.45) is 0 Å². The molecule has 0 saturated carbocycles. The Balaban J connectivity index is 2.09. The molecule has 70 valence electrons. The second-order valence-corrected chi connectivity index (χ2v) is 4.51. The zero-order chi connectivity index (χ0) is 9.10. The third-order valence-corrected chi connectivity index (χ3v) is 3.61. The number of hydrogen-bond acceptors (Lipinski definition) is 3. The molecule has 1 aliphatic heterocycles. The summed E-state index contributed by atoms with van der Waals surface area (Å²) in [5.74, 6) is 2.17. The molecule has 1 unspecified atom stereocenters. The van der Waals surface area contributed by atoms with Gasteiger partial charge in [-0.3, -0.25) is 4.79 Å². The molecule has 0 radical (unpaired) electrons. The number of nitrogens with one attached hydrogen (secondary N) is 1. The van der Waals surface area contributed by atoms with Gasteiger partial charge in [-0.2, -0.15) is 11.8 Å². The molecule has 1 N–H and O–H groups in total. The molecule has 1 aromatic rings. The predicted octanol–water partition coefficient (Wildman–Crippen LogP) is 2.18. The molecule has 13 heavy (non-hydrogen) atoms. The minimum Gasteiger partial charge on any atom is -0.339 e. The molecule has 2 heterocycles. The van der Waals surface area contributed by atoms with Crippen LogP contribution in [0.2, 0.25) is 0 Å². The molecule has 0 aliphatic carbocycles. The SMILES string of the molecule is O=Cc1cnc(C2CCCCS2)[nH]1. The molecular weight excluding hydrogens is 184 g/mol. The van der Waals surface area contributed by atoms with Crippen molar-refractivity contribution in [1.29, 1.82) is 0 Å². The molecule has 4 heteroatoms. The summed E-state index contributed by atoms with van der Waals surface area (Å²) in [6.07, 6.45) is 6.18. The number of aromatic amines is 1. The molecule has 1 fully saturated rings. The minimum absolute atomic E-state index is 0.474. The van der Waals surface area contributed by atoms with Gasteiger partial charge in [-0.1, -0.05) is 6.42 Å². The molecule has 1 aliphatic rings. The first-order valence-corrected chi connectivity index (χ1v) is 5.56. The lowest BCUT2D eigenvalue weighted by Gasteiger charge is -2.18. The van der Waals surface area contributed by atoms with Gasteiger partial charge in [0.05, 0.1) is 17.1 Å². The number of rotatable bonds is 2. The van der Waals surface area contributed by atoms with Crippen LogP contribution in [0.4, 0.5) is 0 Å². The number of carbonyl (C=O) groups is 1. The van der Waals surface area contributed by atoms with Crippen molar-refractivity contribution in [2.75, 3.05) is 5.75 Å². The van der Waals surface area contributed by atoms with E-state index in [9.17, 15) is 4.79 Å². The summed E-state index contributed by atoms with van der Waals surface area (Å²) in [6, 6.07) is 0. The Morgan fingerprint density at radius 2 is 2.54 bits per heavy atom. The van der Waals surface area contributed by atoms with E-state index in [1.807, 2.05) is 11.8 Å². The van der Waals surface area contributed by atoms with E-state index in [4.69, 9.17) is 0 Å². The number of H-pyrrole nitrogens is 1. The molecule has 0 aromatic carbocycles. The number of nitrogens with zero attached hydrogens (tertiary/aromatic N) is 1. The van der Waals surface area contributed by atoms with Crippen LogP contribution in [0.3, 0.4) is 0 Å². The highest BCUT2D eigenvalue weighted by atomic mass is 32.2. The Morgan fingerprint density at radius 3 is 3.15 bits per heavy atom. The average molecular weight is 196 g/mol. The third kappa shape index (κ3) is 1.94. The summed E-state index contributed by atoms with van der Waals surface area (Å²) < 4.78 is 0. The molecule has 1 aromatic heterocycles. The van der Waals surface area contributed by atoms with E-state index in [1.54, 1.807) is 6.20 Å². The largest absolute Gasteiger partial charge is 0.339 e. The number of aldehydes is 1. The van der Waals surface area contributed by atoms with Crippen LogP contribution in [0.1, 0.15) is 40.8 Å². The lowest BCUT2D eigenvalue weighted by atomic mass is 10.2. The lowest BCUT2D eigenvalue weighted by molar-refractivity contribution is 0.111. The van der Waals surface area contributed by atoms with Crippen molar-refractivity contribution in [1.82, 2.24) is 9.97 Å². The van der Waals surface area contributed by atoms with E-state index in [-0.39, 0.29) is 0 Å². The summed E-state index contributed by atoms with van der Waals surface area (Å²) in [4.78, 5) is 17.7. The lowest BCUT2D eigenvalue weighted by Crippen LogP contribution is -2.03. The monoisotopic (exact) mass is 196 g/mol. The van der Waals surface area contributed by atoms with Gasteiger partial charge in [0.25, 0.3) is 0 Å². The third-order valence-electron chi connectivity index (χ3n) is 2.23. The topological polar surface area (TPSA) is 45.8 Å². The molecule has 0 spiro atoms. The van der Waals surface area contributed by atoms with Gasteiger partial charge in [-0.25, -0.2) is 4.98 Å². The predicted molar refractivity (Wildman–Crippen MR) is 53.0 cm³/mol. The second kappa shape index (κ2) is 3.96. The van der Waals surface area contributed by atoms with Gasteiger partial charge in [0, 0.05) is 0 Å². The fourth-order valence-electron chi connectivity index (χ4n) is 1.53. The Hall–Kier alpha value is -0.770. The minimum atomic E-state index is 0.474. The number of thioether (sulfide) groups is 1. The summed E-state index contributed by atoms with van der Waals surface area (Å²) in [5, 5.41) is 0.474. The van der Waals surface area contributed by atoms with Crippen molar-refractivity contribution in [3.8, 4) is 0 Å². The van der Waals surface area contributed by atoms with Gasteiger partial charge >= 0.3 is 0 Å². The van der Waals surface area contributed by atoms with Gasteiger partial charge < -0.3 is 4.98 Å². The van der Waals surface area contributed by atoms with Gasteiger partial charge in [-0.05, 0) is 18.6 Å². The number of hydrogen-bond donors (Lipinski definition) is 1. The van der Waals surface area contributed by atoms with E-state index in [0.29, 0.717) is 10.9 Å². The van der Waals surface area contributed by atoms with E-state index in [1.165, 1.54) is 25.0 Å². The van der Waals surface area contributed by atoms with Crippen molar-refractivity contribution < 1.29 is 4.79 Å². The van der Waals surface area contributed by atoms with Crippen LogP contribution in [-0.2, 0) is 0 Å². The quantitative estimate of drug-likeness (QED) is 0.737. The van der Waals surface area contributed by atoms with E-state index in [2.05, 4.69) is 9.97 Å². The van der Waals surface area contributed by atoms with Crippen LogP contribution < -0.4 is 0 Å². The summed E-state index contributed by atoms with van der Waals surface area (Å²) in [6.45, 7) is 0. The van der Waals surface area contributed by atoms with Gasteiger partial charge in [-0.15, -0.1) is 0 Å². The number of carbonyl (C=O) groups excluding carboxylic acids is 1. The first-order valence-electron chi connectivity index (χ1n) is 4.52. The normalized spacial score (nSPS) is 22.9. The fourth-order valence-corrected chi connectivity index (χ4v) is 2.80. The van der Waals surface area contributed by atoms with Crippen LogP contribution in [-0.4, -0.2) is 22.0 Å². The molecule has 1 saturated heterocycles. The van der Waals surface area contributed by atoms with Gasteiger partial charge in [0.15, 0.2) is 6.29 Å². The van der Waals surface area contributed by atoms with Crippen molar-refractivity contribution >= 4 is 18.0 Å². The van der Waals surface area contributed by atoms with Crippen LogP contribution in [0.5, 0.6) is 0 Å². The maximum Gasteiger partial charge on any atom is 0.167 e. The maximum atomic E-state index is 10.4.